The first-order valence-corrected chi connectivity index (χ1v) is 7.87. The highest BCUT2D eigenvalue weighted by atomic mass is 16.2. The van der Waals surface area contributed by atoms with Crippen LogP contribution in [0.2, 0.25) is 0 Å². The van der Waals surface area contributed by atoms with Gasteiger partial charge in [-0.15, -0.1) is 0 Å². The van der Waals surface area contributed by atoms with Gasteiger partial charge in [-0.25, -0.2) is 0 Å². The van der Waals surface area contributed by atoms with Crippen molar-refractivity contribution in [2.45, 2.75) is 25.3 Å². The van der Waals surface area contributed by atoms with Gasteiger partial charge in [0.05, 0.1) is 0 Å². The van der Waals surface area contributed by atoms with Crippen LogP contribution < -0.4 is 10.6 Å². The summed E-state index contributed by atoms with van der Waals surface area (Å²) >= 11 is 0. The summed E-state index contributed by atoms with van der Waals surface area (Å²) in [6.07, 6.45) is 3.36. The van der Waals surface area contributed by atoms with Crippen LogP contribution in [0.25, 0.3) is 0 Å². The lowest BCUT2D eigenvalue weighted by atomic mass is 9.79. The molecule has 4 heteroatoms. The highest BCUT2D eigenvalue weighted by molar-refractivity contribution is 5.95. The van der Waals surface area contributed by atoms with E-state index in [0.29, 0.717) is 17.9 Å². The normalized spacial score (nSPS) is 28.3. The molecular formula is C17H25N3O. The zero-order valence-electron chi connectivity index (χ0n) is 13.0. The minimum Gasteiger partial charge on any atom is -0.378 e. The first kappa shape index (κ1) is 14.4. The number of nitrogens with two attached hydrogens (primary N) is 1. The molecular weight excluding hydrogens is 262 g/mol. The van der Waals surface area contributed by atoms with Crippen molar-refractivity contribution in [2.24, 2.45) is 17.6 Å². The molecule has 1 aliphatic carbocycles. The summed E-state index contributed by atoms with van der Waals surface area (Å²) in [7, 11) is 3.99. The highest BCUT2D eigenvalue weighted by Gasteiger charge is 2.38. The molecule has 2 N–H and O–H groups in total. The van der Waals surface area contributed by atoms with Crippen molar-refractivity contribution in [3.63, 3.8) is 0 Å². The summed E-state index contributed by atoms with van der Waals surface area (Å²) in [4.78, 5) is 16.8. The van der Waals surface area contributed by atoms with Crippen LogP contribution in [0.15, 0.2) is 24.3 Å². The number of hydrogen-bond donors (Lipinski definition) is 1. The van der Waals surface area contributed by atoms with Crippen molar-refractivity contribution in [2.75, 3.05) is 32.1 Å². The number of hydrogen-bond acceptors (Lipinski definition) is 3. The molecule has 21 heavy (non-hydrogen) atoms. The summed E-state index contributed by atoms with van der Waals surface area (Å²) in [5.74, 6) is 1.43. The number of benzene rings is 1. The number of carbonyl (C=O) groups is 1. The Morgan fingerprint density at radius 2 is 2.00 bits per heavy atom. The van der Waals surface area contributed by atoms with Crippen molar-refractivity contribution < 1.29 is 4.79 Å². The van der Waals surface area contributed by atoms with Crippen molar-refractivity contribution in [1.29, 1.82) is 0 Å². The van der Waals surface area contributed by atoms with Gasteiger partial charge in [0.15, 0.2) is 0 Å². The Labute approximate surface area is 126 Å². The molecule has 0 spiro atoms. The van der Waals surface area contributed by atoms with Crippen LogP contribution in [0.3, 0.4) is 0 Å². The lowest BCUT2D eigenvalue weighted by Crippen LogP contribution is -2.32. The van der Waals surface area contributed by atoms with Crippen LogP contribution >= 0.6 is 0 Å². The number of fused-ring (bicyclic) bond motifs is 1. The largest absolute Gasteiger partial charge is 0.378 e. The molecule has 2 fully saturated rings. The zero-order chi connectivity index (χ0) is 15.0. The van der Waals surface area contributed by atoms with Gasteiger partial charge in [0, 0.05) is 44.5 Å². The van der Waals surface area contributed by atoms with Crippen molar-refractivity contribution in [3.8, 4) is 0 Å². The van der Waals surface area contributed by atoms with E-state index in [-0.39, 0.29) is 5.91 Å². The molecule has 2 aliphatic rings. The maximum absolute atomic E-state index is 12.7. The molecule has 1 amide bonds. The van der Waals surface area contributed by atoms with E-state index in [2.05, 4.69) is 0 Å². The van der Waals surface area contributed by atoms with Gasteiger partial charge in [0.25, 0.3) is 5.91 Å². The number of nitrogens with zero attached hydrogens (tertiary/aromatic N) is 2. The van der Waals surface area contributed by atoms with Gasteiger partial charge in [0.2, 0.25) is 0 Å². The maximum Gasteiger partial charge on any atom is 0.253 e. The summed E-state index contributed by atoms with van der Waals surface area (Å²) in [6, 6.07) is 8.22. The van der Waals surface area contributed by atoms with E-state index in [9.17, 15) is 4.79 Å². The Morgan fingerprint density at radius 1 is 1.24 bits per heavy atom. The summed E-state index contributed by atoms with van der Waals surface area (Å²) < 4.78 is 0. The van der Waals surface area contributed by atoms with E-state index in [1.54, 1.807) is 0 Å². The molecule has 114 valence electrons. The van der Waals surface area contributed by atoms with Gasteiger partial charge >= 0.3 is 0 Å². The van der Waals surface area contributed by atoms with Crippen LogP contribution in [-0.2, 0) is 0 Å². The maximum atomic E-state index is 12.7. The fourth-order valence-corrected chi connectivity index (χ4v) is 3.73. The smallest absolute Gasteiger partial charge is 0.253 e. The van der Waals surface area contributed by atoms with Crippen LogP contribution in [0, 0.1) is 11.8 Å². The third-order valence-corrected chi connectivity index (χ3v) is 4.99. The molecule has 1 saturated heterocycles. The molecule has 1 aromatic rings. The topological polar surface area (TPSA) is 49.6 Å². The average Bonchev–Trinajstić information content (AvgIpc) is 2.89. The average molecular weight is 287 g/mol. The van der Waals surface area contributed by atoms with Crippen LogP contribution in [0.4, 0.5) is 5.69 Å². The number of carbonyl (C=O) groups excluding carboxylic acids is 1. The first-order valence-electron chi connectivity index (χ1n) is 7.87. The van der Waals surface area contributed by atoms with Crippen LogP contribution in [-0.4, -0.2) is 44.0 Å². The molecule has 1 heterocycles. The van der Waals surface area contributed by atoms with Gasteiger partial charge in [-0.2, -0.15) is 0 Å². The van der Waals surface area contributed by atoms with Gasteiger partial charge in [-0.3, -0.25) is 4.79 Å². The lowest BCUT2D eigenvalue weighted by molar-refractivity contribution is 0.0784. The van der Waals surface area contributed by atoms with E-state index in [1.807, 2.05) is 48.2 Å². The van der Waals surface area contributed by atoms with Gasteiger partial charge in [0.1, 0.15) is 0 Å². The number of amides is 1. The Morgan fingerprint density at radius 3 is 2.76 bits per heavy atom. The van der Waals surface area contributed by atoms with Gasteiger partial charge in [-0.05, 0) is 49.3 Å². The third-order valence-electron chi connectivity index (χ3n) is 4.99. The Hall–Kier alpha value is -1.55. The lowest BCUT2D eigenvalue weighted by Gasteiger charge is -2.27. The second-order valence-electron chi connectivity index (χ2n) is 6.75. The fourth-order valence-electron chi connectivity index (χ4n) is 3.73. The number of rotatable bonds is 2. The standard InChI is InChI=1S/C17H25N3O/c1-19(2)16-5-3-4-12(9-16)17(21)20-10-13-6-7-15(18)8-14(13)11-20/h3-5,9,13-15H,6-8,10-11,18H2,1-2H3/t13-,14+,15?/m1/s1. The summed E-state index contributed by atoms with van der Waals surface area (Å²) in [6.45, 7) is 1.78. The molecule has 3 rings (SSSR count). The Kier molecular flexibility index (Phi) is 3.89. The summed E-state index contributed by atoms with van der Waals surface area (Å²) in [5, 5.41) is 0. The van der Waals surface area contributed by atoms with Crippen LogP contribution in [0.1, 0.15) is 29.6 Å². The Balaban J connectivity index is 1.73. The monoisotopic (exact) mass is 287 g/mol. The highest BCUT2D eigenvalue weighted by Crippen LogP contribution is 2.36. The zero-order valence-corrected chi connectivity index (χ0v) is 13.0. The molecule has 0 radical (unpaired) electrons. The number of anilines is 1. The Bertz CT molecular complexity index is 529. The minimum atomic E-state index is 0.168. The predicted molar refractivity (Wildman–Crippen MR) is 85.5 cm³/mol. The fraction of sp³-hybridized carbons (Fsp3) is 0.588. The second kappa shape index (κ2) is 5.68. The van der Waals surface area contributed by atoms with E-state index < -0.39 is 0 Å². The second-order valence-corrected chi connectivity index (χ2v) is 6.75. The third kappa shape index (κ3) is 2.91. The van der Waals surface area contributed by atoms with Crippen LogP contribution in [0.5, 0.6) is 0 Å². The van der Waals surface area contributed by atoms with E-state index in [1.165, 1.54) is 6.42 Å². The minimum absolute atomic E-state index is 0.168. The quantitative estimate of drug-likeness (QED) is 0.904. The molecule has 1 aromatic carbocycles. The van der Waals surface area contributed by atoms with E-state index in [4.69, 9.17) is 5.73 Å². The molecule has 4 nitrogen and oxygen atoms in total. The van der Waals surface area contributed by atoms with Crippen molar-refractivity contribution in [1.82, 2.24) is 4.90 Å². The molecule has 1 saturated carbocycles. The van der Waals surface area contributed by atoms with E-state index in [0.717, 1.165) is 37.2 Å². The molecule has 3 atom stereocenters. The number of likely N-dealkylation sites (tertiary alicyclic amines) is 1. The van der Waals surface area contributed by atoms with E-state index >= 15 is 0 Å². The van der Waals surface area contributed by atoms with Crippen molar-refractivity contribution >= 4 is 11.6 Å². The van der Waals surface area contributed by atoms with Gasteiger partial charge in [-0.1, -0.05) is 6.07 Å². The first-order chi connectivity index (χ1) is 10.0. The van der Waals surface area contributed by atoms with Gasteiger partial charge < -0.3 is 15.5 Å². The molecule has 0 aromatic heterocycles. The SMILES string of the molecule is CN(C)c1cccc(C(=O)N2C[C@H]3CCC(N)C[C@H]3C2)c1. The predicted octanol–water partition coefficient (Wildman–Crippen LogP) is 1.95. The molecule has 0 bridgehead atoms. The van der Waals surface area contributed by atoms with Crippen molar-refractivity contribution in [3.05, 3.63) is 29.8 Å². The molecule has 1 aliphatic heterocycles. The summed E-state index contributed by atoms with van der Waals surface area (Å²) in [5.41, 5.74) is 7.93. The molecule has 1 unspecified atom stereocenters.